The Kier molecular flexibility index (Phi) is 10.4. The third kappa shape index (κ3) is 12.7. The van der Waals surface area contributed by atoms with E-state index in [0.29, 0.717) is 19.1 Å². The van der Waals surface area contributed by atoms with Crippen LogP contribution >= 0.6 is 0 Å². The first-order valence-electron chi connectivity index (χ1n) is 6.08. The summed E-state index contributed by atoms with van der Waals surface area (Å²) in [5.74, 6) is -0.291. The number of hydroxylamine groups is 1. The van der Waals surface area contributed by atoms with Crippen molar-refractivity contribution < 1.29 is 19.5 Å². The highest BCUT2D eigenvalue weighted by Gasteiger charge is 1.97. The van der Waals surface area contributed by atoms with Gasteiger partial charge in [0.1, 0.15) is 0 Å². The first kappa shape index (κ1) is 15.8. The van der Waals surface area contributed by atoms with Crippen molar-refractivity contribution in [2.45, 2.75) is 45.4 Å². The number of hydrogen-bond acceptors (Lipinski definition) is 4. The average molecular weight is 245 g/mol. The molecule has 0 spiro atoms. The Morgan fingerprint density at radius 2 is 1.88 bits per heavy atom. The van der Waals surface area contributed by atoms with Crippen molar-refractivity contribution >= 4 is 5.97 Å². The number of unbranched alkanes of at least 4 members (excludes halogenated alkanes) is 4. The molecular formula is C12H23NO4. The van der Waals surface area contributed by atoms with Crippen LogP contribution in [0.1, 0.15) is 45.4 Å². The number of rotatable bonds is 12. The third-order valence-electron chi connectivity index (χ3n) is 2.14. The molecule has 0 fully saturated rings. The number of hydrogen-bond donors (Lipinski definition) is 2. The van der Waals surface area contributed by atoms with Crippen LogP contribution in [0.15, 0.2) is 12.5 Å². The lowest BCUT2D eigenvalue weighted by atomic mass is 10.1. The fourth-order valence-electron chi connectivity index (χ4n) is 1.32. The summed E-state index contributed by atoms with van der Waals surface area (Å²) in [6.45, 7) is 6.65. The number of nitrogens with one attached hydrogen (secondary N) is 1. The Hall–Kier alpha value is -1.23. The van der Waals surface area contributed by atoms with Gasteiger partial charge >= 0.3 is 5.97 Å². The molecule has 0 bridgehead atoms. The minimum Gasteiger partial charge on any atom is -0.481 e. The van der Waals surface area contributed by atoms with E-state index in [0.717, 1.165) is 32.1 Å². The van der Waals surface area contributed by atoms with Crippen molar-refractivity contribution in [1.29, 1.82) is 0 Å². The molecule has 0 aromatic rings. The van der Waals surface area contributed by atoms with Crippen LogP contribution < -0.4 is 5.48 Å². The van der Waals surface area contributed by atoms with Crippen LogP contribution in [0.4, 0.5) is 0 Å². The van der Waals surface area contributed by atoms with Gasteiger partial charge in [0.15, 0.2) is 0 Å². The maximum atomic E-state index is 10.2. The molecule has 0 rings (SSSR count). The maximum Gasteiger partial charge on any atom is 0.303 e. The summed E-state index contributed by atoms with van der Waals surface area (Å²) < 4.78 is 5.04. The first-order valence-corrected chi connectivity index (χ1v) is 6.08. The third-order valence-corrected chi connectivity index (χ3v) is 2.14. The fourth-order valence-corrected chi connectivity index (χ4v) is 1.32. The van der Waals surface area contributed by atoms with Gasteiger partial charge < -0.3 is 9.84 Å². The smallest absolute Gasteiger partial charge is 0.303 e. The Labute approximate surface area is 103 Å². The van der Waals surface area contributed by atoms with E-state index < -0.39 is 5.97 Å². The summed E-state index contributed by atoms with van der Waals surface area (Å²) in [5, 5.41) is 8.43. The van der Waals surface area contributed by atoms with Crippen LogP contribution in [0.5, 0.6) is 0 Å². The topological polar surface area (TPSA) is 67.8 Å². The lowest BCUT2D eigenvalue weighted by Gasteiger charge is -2.09. The summed E-state index contributed by atoms with van der Waals surface area (Å²) in [7, 11) is 0. The van der Waals surface area contributed by atoms with E-state index >= 15 is 0 Å². The summed E-state index contributed by atoms with van der Waals surface area (Å²) in [5.41, 5.74) is 2.61. The summed E-state index contributed by atoms with van der Waals surface area (Å²) >= 11 is 0. The van der Waals surface area contributed by atoms with Gasteiger partial charge in [0, 0.05) is 6.42 Å². The van der Waals surface area contributed by atoms with E-state index in [1.165, 1.54) is 0 Å². The quantitative estimate of drug-likeness (QED) is 0.314. The van der Waals surface area contributed by atoms with Gasteiger partial charge in [0.2, 0.25) is 5.88 Å². The van der Waals surface area contributed by atoms with Gasteiger partial charge in [-0.05, 0) is 26.3 Å². The number of carboxylic acid groups (broad SMARTS) is 1. The molecule has 17 heavy (non-hydrogen) atoms. The van der Waals surface area contributed by atoms with Crippen molar-refractivity contribution in [3.8, 4) is 0 Å². The molecule has 5 heteroatoms. The largest absolute Gasteiger partial charge is 0.481 e. The molecule has 0 aromatic heterocycles. The van der Waals surface area contributed by atoms with E-state index in [2.05, 4.69) is 12.1 Å². The highest BCUT2D eigenvalue weighted by Crippen LogP contribution is 2.05. The molecule has 5 nitrogen and oxygen atoms in total. The molecule has 100 valence electrons. The van der Waals surface area contributed by atoms with Crippen molar-refractivity contribution in [1.82, 2.24) is 5.48 Å². The summed E-state index contributed by atoms with van der Waals surface area (Å²) in [6.07, 6.45) is 5.03. The summed E-state index contributed by atoms with van der Waals surface area (Å²) in [4.78, 5) is 15.4. The lowest BCUT2D eigenvalue weighted by Crippen LogP contribution is -2.16. The Morgan fingerprint density at radius 3 is 2.53 bits per heavy atom. The van der Waals surface area contributed by atoms with Crippen LogP contribution in [0.3, 0.4) is 0 Å². The Balaban J connectivity index is 3.08. The minimum absolute atomic E-state index is 0.270. The molecule has 0 aliphatic heterocycles. The van der Waals surface area contributed by atoms with Crippen molar-refractivity contribution in [2.75, 3.05) is 13.2 Å². The minimum atomic E-state index is -0.716. The molecule has 0 aliphatic carbocycles. The number of carboxylic acids is 1. The number of aliphatic carboxylic acids is 1. The van der Waals surface area contributed by atoms with Gasteiger partial charge in [-0.3, -0.25) is 9.63 Å². The highest BCUT2D eigenvalue weighted by atomic mass is 16.7. The van der Waals surface area contributed by atoms with Crippen LogP contribution in [0.2, 0.25) is 0 Å². The summed E-state index contributed by atoms with van der Waals surface area (Å²) in [6, 6.07) is 0. The zero-order chi connectivity index (χ0) is 12.9. The first-order chi connectivity index (χ1) is 8.16. The standard InChI is InChI=1S/C12H23NO4/c1-3-16-11(2)13-17-10-8-6-4-5-7-9-12(14)15/h13H,2-10H2,1H3,(H,14,15). The Bertz CT molecular complexity index is 219. The van der Waals surface area contributed by atoms with Crippen LogP contribution in [-0.2, 0) is 14.4 Å². The van der Waals surface area contributed by atoms with Crippen LogP contribution in [-0.4, -0.2) is 24.3 Å². The second-order valence-electron chi connectivity index (χ2n) is 3.72. The van der Waals surface area contributed by atoms with E-state index in [4.69, 9.17) is 14.7 Å². The molecule has 0 saturated heterocycles. The van der Waals surface area contributed by atoms with Gasteiger partial charge in [0.05, 0.1) is 13.2 Å². The molecule has 2 N–H and O–H groups in total. The van der Waals surface area contributed by atoms with Gasteiger partial charge in [-0.15, -0.1) is 0 Å². The highest BCUT2D eigenvalue weighted by molar-refractivity contribution is 5.66. The maximum absolute atomic E-state index is 10.2. The molecule has 0 unspecified atom stereocenters. The lowest BCUT2D eigenvalue weighted by molar-refractivity contribution is -0.137. The zero-order valence-corrected chi connectivity index (χ0v) is 10.5. The zero-order valence-electron chi connectivity index (χ0n) is 10.5. The molecule has 0 radical (unpaired) electrons. The second kappa shape index (κ2) is 11.3. The number of ether oxygens (including phenoxy) is 1. The second-order valence-corrected chi connectivity index (χ2v) is 3.72. The molecule has 0 atom stereocenters. The fraction of sp³-hybridized carbons (Fsp3) is 0.750. The molecule has 0 aromatic carbocycles. The average Bonchev–Trinajstić information content (AvgIpc) is 2.27. The van der Waals surface area contributed by atoms with E-state index in [9.17, 15) is 4.79 Å². The van der Waals surface area contributed by atoms with Gasteiger partial charge in [-0.1, -0.05) is 19.3 Å². The van der Waals surface area contributed by atoms with Gasteiger partial charge in [0.25, 0.3) is 0 Å². The van der Waals surface area contributed by atoms with Gasteiger partial charge in [-0.25, -0.2) is 5.48 Å². The van der Waals surface area contributed by atoms with Crippen LogP contribution in [0, 0.1) is 0 Å². The molecular weight excluding hydrogens is 222 g/mol. The van der Waals surface area contributed by atoms with E-state index in [1.54, 1.807) is 0 Å². The molecule has 0 heterocycles. The van der Waals surface area contributed by atoms with Gasteiger partial charge in [-0.2, -0.15) is 0 Å². The molecule has 0 amide bonds. The normalized spacial score (nSPS) is 9.94. The SMILES string of the molecule is C=C(NOCCCCCCCC(=O)O)OCC. The number of carbonyl (C=O) groups is 1. The van der Waals surface area contributed by atoms with Crippen molar-refractivity contribution in [2.24, 2.45) is 0 Å². The predicted molar refractivity (Wildman–Crippen MR) is 65.2 cm³/mol. The van der Waals surface area contributed by atoms with E-state index in [1.807, 2.05) is 6.92 Å². The molecule has 0 aliphatic rings. The predicted octanol–water partition coefficient (Wildman–Crippen LogP) is 2.44. The monoisotopic (exact) mass is 245 g/mol. The Morgan fingerprint density at radius 1 is 1.24 bits per heavy atom. The van der Waals surface area contributed by atoms with Crippen molar-refractivity contribution in [3.05, 3.63) is 12.5 Å². The van der Waals surface area contributed by atoms with Crippen molar-refractivity contribution in [3.63, 3.8) is 0 Å². The molecule has 0 saturated carbocycles. The van der Waals surface area contributed by atoms with Crippen LogP contribution in [0.25, 0.3) is 0 Å². The van der Waals surface area contributed by atoms with E-state index in [-0.39, 0.29) is 6.42 Å².